The van der Waals surface area contributed by atoms with Crippen molar-refractivity contribution in [2.24, 2.45) is 0 Å². The van der Waals surface area contributed by atoms with E-state index in [0.717, 1.165) is 6.42 Å². The van der Waals surface area contributed by atoms with Crippen LogP contribution >= 0.6 is 7.37 Å². The Morgan fingerprint density at radius 2 is 1.48 bits per heavy atom. The average Bonchev–Trinajstić information content (AvgIpc) is 3.71. The standard InChI is InChI=1S/C30H44N5O8P/c1-2-3-11-21-27(38)32-22(19-36)30(41)35-16-8-13-24(35)29(40)33-25(18-20-9-5-4-6-10-20)44(42,43)17-14-26(37)34-15-7-12-23(34)28(39)31-21/h4-6,9-10,21-25,36H,2-3,7-8,11-19H2,1H3,(H,31,39)(H,32,38)(H,33,40)(H,42,43)/t21-,22-,23-,24-,25-/m1/s1. The fourth-order valence-corrected chi connectivity index (χ4v) is 7.84. The molecule has 5 amide bonds. The lowest BCUT2D eigenvalue weighted by Gasteiger charge is -2.32. The molecule has 14 heteroatoms. The topological polar surface area (TPSA) is 185 Å². The van der Waals surface area contributed by atoms with Gasteiger partial charge >= 0.3 is 0 Å². The SMILES string of the molecule is CCCC[C@H]1NC(=O)[C@H]2CCCN2C(=O)CCP(=O)(O)[C@H](Cc2ccccc2)NC(=O)[C@H]2CCCN2C(=O)[C@@H](CO)NC1=O. The second-order valence-corrected chi connectivity index (χ2v) is 14.4. The van der Waals surface area contributed by atoms with Gasteiger partial charge in [-0.05, 0) is 37.7 Å². The molecule has 1 unspecified atom stereocenters. The first-order valence-corrected chi connectivity index (χ1v) is 17.4. The molecule has 13 nitrogen and oxygen atoms in total. The highest BCUT2D eigenvalue weighted by molar-refractivity contribution is 7.58. The third kappa shape index (κ3) is 8.05. The van der Waals surface area contributed by atoms with Crippen molar-refractivity contribution in [3.63, 3.8) is 0 Å². The maximum absolute atomic E-state index is 13.8. The van der Waals surface area contributed by atoms with Crippen LogP contribution in [-0.4, -0.2) is 105 Å². The maximum Gasteiger partial charge on any atom is 0.248 e. The van der Waals surface area contributed by atoms with Gasteiger partial charge in [0.05, 0.1) is 6.61 Å². The molecule has 3 heterocycles. The number of benzene rings is 1. The number of hydrogen-bond acceptors (Lipinski definition) is 7. The van der Waals surface area contributed by atoms with Gasteiger partial charge in [0.25, 0.3) is 0 Å². The minimum atomic E-state index is -4.18. The summed E-state index contributed by atoms with van der Waals surface area (Å²) in [5, 5.41) is 18.1. The monoisotopic (exact) mass is 633 g/mol. The molecule has 4 rings (SSSR count). The molecule has 1 aromatic rings. The third-order valence-corrected chi connectivity index (χ3v) is 10.9. The zero-order chi connectivity index (χ0) is 31.9. The van der Waals surface area contributed by atoms with Gasteiger partial charge in [-0.15, -0.1) is 0 Å². The van der Waals surface area contributed by atoms with Crippen LogP contribution in [0, 0.1) is 0 Å². The number of carbonyl (C=O) groups is 5. The Hall–Kier alpha value is -3.28. The molecule has 3 aliphatic rings. The molecule has 0 aliphatic carbocycles. The molecule has 0 aromatic heterocycles. The smallest absolute Gasteiger partial charge is 0.248 e. The molecule has 5 N–H and O–H groups in total. The highest BCUT2D eigenvalue weighted by Gasteiger charge is 2.42. The predicted molar refractivity (Wildman–Crippen MR) is 161 cm³/mol. The molecule has 44 heavy (non-hydrogen) atoms. The summed E-state index contributed by atoms with van der Waals surface area (Å²) in [7, 11) is -4.18. The summed E-state index contributed by atoms with van der Waals surface area (Å²) >= 11 is 0. The van der Waals surface area contributed by atoms with E-state index in [2.05, 4.69) is 16.0 Å². The summed E-state index contributed by atoms with van der Waals surface area (Å²) < 4.78 is 13.8. The zero-order valence-corrected chi connectivity index (χ0v) is 26.0. The number of amides is 5. The summed E-state index contributed by atoms with van der Waals surface area (Å²) in [5.74, 6) is -4.10. The van der Waals surface area contributed by atoms with Gasteiger partial charge < -0.3 is 35.8 Å². The van der Waals surface area contributed by atoms with Gasteiger partial charge in [-0.1, -0.05) is 50.1 Å². The van der Waals surface area contributed by atoms with Crippen LogP contribution in [-0.2, 0) is 35.0 Å². The van der Waals surface area contributed by atoms with E-state index in [1.54, 1.807) is 30.3 Å². The maximum atomic E-state index is 13.8. The number of aliphatic hydroxyl groups is 1. The summed E-state index contributed by atoms with van der Waals surface area (Å²) in [5.41, 5.74) is 0.705. The first kappa shape index (κ1) is 33.6. The van der Waals surface area contributed by atoms with Crippen LogP contribution in [0.3, 0.4) is 0 Å². The molecule has 3 aliphatic heterocycles. The van der Waals surface area contributed by atoms with Gasteiger partial charge in [-0.2, -0.15) is 0 Å². The van der Waals surface area contributed by atoms with Crippen LogP contribution in [0.15, 0.2) is 30.3 Å². The lowest BCUT2D eigenvalue weighted by atomic mass is 10.1. The summed E-state index contributed by atoms with van der Waals surface area (Å²) in [6.45, 7) is 1.70. The van der Waals surface area contributed by atoms with Crippen LogP contribution < -0.4 is 16.0 Å². The Morgan fingerprint density at radius 3 is 2.14 bits per heavy atom. The van der Waals surface area contributed by atoms with Crippen molar-refractivity contribution < 1.29 is 38.5 Å². The van der Waals surface area contributed by atoms with E-state index < -0.39 is 79.6 Å². The van der Waals surface area contributed by atoms with Gasteiger partial charge in [0.15, 0.2) is 0 Å². The average molecular weight is 634 g/mol. The van der Waals surface area contributed by atoms with Gasteiger partial charge in [-0.3, -0.25) is 28.5 Å². The predicted octanol–water partition coefficient (Wildman–Crippen LogP) is 0.480. The molecular formula is C30H44N5O8P. The number of unbranched alkanes of at least 4 members (excludes halogenated alkanes) is 1. The molecule has 3 fully saturated rings. The number of nitrogens with zero attached hydrogens (tertiary/aromatic N) is 2. The summed E-state index contributed by atoms with van der Waals surface area (Å²) in [6.07, 6.45) is 2.65. The van der Waals surface area contributed by atoms with E-state index >= 15 is 0 Å². The molecule has 1 aromatic carbocycles. The quantitative estimate of drug-likeness (QED) is 0.280. The van der Waals surface area contributed by atoms with Crippen molar-refractivity contribution in [3.05, 3.63) is 35.9 Å². The van der Waals surface area contributed by atoms with Gasteiger partial charge in [0.2, 0.25) is 36.9 Å². The van der Waals surface area contributed by atoms with Gasteiger partial charge in [-0.25, -0.2) is 0 Å². The molecule has 0 bridgehead atoms. The molecule has 0 saturated carbocycles. The number of hydrogen-bond donors (Lipinski definition) is 5. The molecular weight excluding hydrogens is 589 g/mol. The van der Waals surface area contributed by atoms with Crippen molar-refractivity contribution >= 4 is 36.9 Å². The van der Waals surface area contributed by atoms with Crippen molar-refractivity contribution in [2.75, 3.05) is 25.9 Å². The Kier molecular flexibility index (Phi) is 11.6. The summed E-state index contributed by atoms with van der Waals surface area (Å²) in [6, 6.07) is 4.69. The van der Waals surface area contributed by atoms with Crippen molar-refractivity contribution in [3.8, 4) is 0 Å². The van der Waals surface area contributed by atoms with Crippen LogP contribution in [0.1, 0.15) is 63.9 Å². The molecule has 0 spiro atoms. The number of nitrogens with one attached hydrogen (secondary N) is 3. The van der Waals surface area contributed by atoms with Crippen molar-refractivity contribution in [1.82, 2.24) is 25.8 Å². The Balaban J connectivity index is 1.67. The minimum Gasteiger partial charge on any atom is -0.394 e. The third-order valence-electron chi connectivity index (χ3n) is 8.70. The number of fused-ring (bicyclic) bond motifs is 2. The first-order valence-electron chi connectivity index (χ1n) is 15.5. The lowest BCUT2D eigenvalue weighted by molar-refractivity contribution is -0.143. The molecule has 242 valence electrons. The van der Waals surface area contributed by atoms with Crippen molar-refractivity contribution in [1.29, 1.82) is 0 Å². The van der Waals surface area contributed by atoms with Crippen LogP contribution in [0.5, 0.6) is 0 Å². The summed E-state index contributed by atoms with van der Waals surface area (Å²) in [4.78, 5) is 81.1. The Bertz CT molecular complexity index is 1260. The number of carbonyl (C=O) groups excluding carboxylic acids is 5. The van der Waals surface area contributed by atoms with Gasteiger partial charge in [0.1, 0.15) is 30.0 Å². The van der Waals surface area contributed by atoms with E-state index in [0.29, 0.717) is 44.2 Å². The molecule has 0 radical (unpaired) electrons. The molecule has 6 atom stereocenters. The zero-order valence-electron chi connectivity index (χ0n) is 25.2. The fraction of sp³-hybridized carbons (Fsp3) is 0.633. The second kappa shape index (κ2) is 15.1. The number of aliphatic hydroxyl groups excluding tert-OH is 1. The minimum absolute atomic E-state index is 0.0262. The van der Waals surface area contributed by atoms with Gasteiger partial charge in [0, 0.05) is 32.1 Å². The molecule has 3 saturated heterocycles. The fourth-order valence-electron chi connectivity index (χ4n) is 6.19. The van der Waals surface area contributed by atoms with E-state index in [-0.39, 0.29) is 25.8 Å². The largest absolute Gasteiger partial charge is 0.394 e. The van der Waals surface area contributed by atoms with E-state index in [9.17, 15) is 38.5 Å². The van der Waals surface area contributed by atoms with Crippen LogP contribution in [0.2, 0.25) is 0 Å². The van der Waals surface area contributed by atoms with Crippen molar-refractivity contribution in [2.45, 2.75) is 94.7 Å². The van der Waals surface area contributed by atoms with E-state index in [1.165, 1.54) is 9.80 Å². The number of rotatable bonds is 6. The Labute approximate surface area is 257 Å². The lowest BCUT2D eigenvalue weighted by Crippen LogP contribution is -2.59. The Morgan fingerprint density at radius 1 is 0.864 bits per heavy atom. The van der Waals surface area contributed by atoms with E-state index in [1.807, 2.05) is 6.92 Å². The van der Waals surface area contributed by atoms with E-state index in [4.69, 9.17) is 0 Å². The van der Waals surface area contributed by atoms with Crippen LogP contribution in [0.4, 0.5) is 0 Å². The normalized spacial score (nSPS) is 31.0. The first-order chi connectivity index (χ1) is 21.1. The second-order valence-electron chi connectivity index (χ2n) is 11.8. The highest BCUT2D eigenvalue weighted by Crippen LogP contribution is 2.47. The highest BCUT2D eigenvalue weighted by atomic mass is 31.2. The van der Waals surface area contributed by atoms with Crippen LogP contribution in [0.25, 0.3) is 0 Å².